The fourth-order valence-electron chi connectivity index (χ4n) is 3.27. The van der Waals surface area contributed by atoms with Gasteiger partial charge in [0.25, 0.3) is 0 Å². The van der Waals surface area contributed by atoms with Crippen LogP contribution in [-0.2, 0) is 6.42 Å². The van der Waals surface area contributed by atoms with Crippen molar-refractivity contribution in [2.45, 2.75) is 15.6 Å². The average Bonchev–Trinajstić information content (AvgIpc) is 3.07. The highest BCUT2D eigenvalue weighted by atomic mass is 32.2. The molecule has 110 valence electrons. The third-order valence-corrected chi connectivity index (χ3v) is 7.67. The molecule has 1 fully saturated rings. The Morgan fingerprint density at radius 3 is 2.86 bits per heavy atom. The lowest BCUT2D eigenvalue weighted by atomic mass is 10.1. The monoisotopic (exact) mass is 325 g/mol. The summed E-state index contributed by atoms with van der Waals surface area (Å²) >= 11 is 3.82. The van der Waals surface area contributed by atoms with Crippen LogP contribution in [0.15, 0.2) is 54.6 Å². The van der Waals surface area contributed by atoms with Gasteiger partial charge in [-0.3, -0.25) is 0 Å². The molecular formula is C18H15NOS2. The predicted molar refractivity (Wildman–Crippen MR) is 95.4 cm³/mol. The lowest BCUT2D eigenvalue weighted by Crippen LogP contribution is -2.36. The van der Waals surface area contributed by atoms with Crippen molar-refractivity contribution < 1.29 is 4.74 Å². The van der Waals surface area contributed by atoms with Gasteiger partial charge in [0.2, 0.25) is 4.27 Å². The van der Waals surface area contributed by atoms with E-state index in [2.05, 4.69) is 59.9 Å². The Hall–Kier alpha value is -1.52. The van der Waals surface area contributed by atoms with E-state index in [-0.39, 0.29) is 9.14 Å². The molecule has 2 spiro atoms. The SMILES string of the molecule is C1=CC2(CSC3(Cc4ccccc4O3)S2)Nc2ccccc21. The van der Waals surface area contributed by atoms with Gasteiger partial charge < -0.3 is 10.1 Å². The number of thioether (sulfide) groups is 2. The van der Waals surface area contributed by atoms with E-state index < -0.39 is 0 Å². The van der Waals surface area contributed by atoms with Gasteiger partial charge in [0.05, 0.1) is 0 Å². The quantitative estimate of drug-likeness (QED) is 0.764. The standard InChI is InChI=1S/C18H15NOS2/c1-3-7-15-13(5-1)9-10-17(19-15)12-21-18(22-17)11-14-6-2-4-8-16(14)20-18/h1-10,19H,11-12H2. The summed E-state index contributed by atoms with van der Waals surface area (Å²) in [7, 11) is 0. The lowest BCUT2D eigenvalue weighted by Gasteiger charge is -2.32. The Bertz CT molecular complexity index is 763. The maximum absolute atomic E-state index is 6.32. The van der Waals surface area contributed by atoms with Gasteiger partial charge in [0.1, 0.15) is 10.6 Å². The number of para-hydroxylation sites is 2. The number of hydrogen-bond acceptors (Lipinski definition) is 4. The molecule has 22 heavy (non-hydrogen) atoms. The molecule has 0 bridgehead atoms. The number of hydrogen-bond donors (Lipinski definition) is 1. The Morgan fingerprint density at radius 2 is 1.91 bits per heavy atom. The second-order valence-electron chi connectivity index (χ2n) is 5.90. The molecule has 2 aromatic carbocycles. The maximum atomic E-state index is 6.32. The summed E-state index contributed by atoms with van der Waals surface area (Å²) in [6, 6.07) is 16.9. The topological polar surface area (TPSA) is 21.3 Å². The zero-order valence-corrected chi connectivity index (χ0v) is 13.5. The van der Waals surface area contributed by atoms with Crippen molar-refractivity contribution in [3.8, 4) is 5.75 Å². The van der Waals surface area contributed by atoms with Gasteiger partial charge in [0.15, 0.2) is 0 Å². The number of benzene rings is 2. The number of fused-ring (bicyclic) bond motifs is 2. The zero-order chi connectivity index (χ0) is 14.6. The Kier molecular flexibility index (Phi) is 2.65. The summed E-state index contributed by atoms with van der Waals surface area (Å²) in [4.78, 5) is -0.0684. The number of ether oxygens (including phenoxy) is 1. The second-order valence-corrected chi connectivity index (χ2v) is 8.98. The van der Waals surface area contributed by atoms with Gasteiger partial charge in [-0.2, -0.15) is 0 Å². The molecule has 1 saturated heterocycles. The van der Waals surface area contributed by atoms with Gasteiger partial charge in [-0.1, -0.05) is 66.0 Å². The van der Waals surface area contributed by atoms with Crippen molar-refractivity contribution in [2.24, 2.45) is 0 Å². The Balaban J connectivity index is 1.45. The van der Waals surface area contributed by atoms with Crippen LogP contribution in [0.3, 0.4) is 0 Å². The summed E-state index contributed by atoms with van der Waals surface area (Å²) in [5, 5.41) is 3.73. The molecule has 1 N–H and O–H groups in total. The molecule has 3 aliphatic heterocycles. The molecule has 2 aromatic rings. The number of rotatable bonds is 0. The van der Waals surface area contributed by atoms with Gasteiger partial charge >= 0.3 is 0 Å². The molecule has 5 rings (SSSR count). The van der Waals surface area contributed by atoms with E-state index in [4.69, 9.17) is 4.74 Å². The van der Waals surface area contributed by atoms with Crippen molar-refractivity contribution in [2.75, 3.05) is 11.1 Å². The fraction of sp³-hybridized carbons (Fsp3) is 0.222. The van der Waals surface area contributed by atoms with E-state index >= 15 is 0 Å². The summed E-state index contributed by atoms with van der Waals surface area (Å²) in [5.74, 6) is 2.05. The van der Waals surface area contributed by atoms with Crippen LogP contribution >= 0.6 is 23.5 Å². The van der Waals surface area contributed by atoms with Crippen LogP contribution in [0.1, 0.15) is 11.1 Å². The fourth-order valence-corrected chi connectivity index (χ4v) is 6.76. The molecule has 0 aliphatic carbocycles. The molecule has 0 saturated carbocycles. The smallest absolute Gasteiger partial charge is 0.208 e. The van der Waals surface area contributed by atoms with Crippen LogP contribution in [0.2, 0.25) is 0 Å². The van der Waals surface area contributed by atoms with Crippen molar-refractivity contribution in [1.29, 1.82) is 0 Å². The van der Waals surface area contributed by atoms with Crippen LogP contribution in [0.25, 0.3) is 6.08 Å². The van der Waals surface area contributed by atoms with E-state index in [1.54, 1.807) is 0 Å². The van der Waals surface area contributed by atoms with E-state index in [9.17, 15) is 0 Å². The molecule has 3 aliphatic rings. The van der Waals surface area contributed by atoms with E-state index in [0.29, 0.717) is 0 Å². The predicted octanol–water partition coefficient (Wildman–Crippen LogP) is 4.59. The molecule has 2 atom stereocenters. The molecule has 0 aromatic heterocycles. The van der Waals surface area contributed by atoms with Crippen LogP contribution in [0.5, 0.6) is 5.75 Å². The van der Waals surface area contributed by atoms with Crippen LogP contribution in [0, 0.1) is 0 Å². The first-order chi connectivity index (χ1) is 10.8. The minimum atomic E-state index is -0.187. The molecular weight excluding hydrogens is 310 g/mol. The highest BCUT2D eigenvalue weighted by molar-refractivity contribution is 8.22. The van der Waals surface area contributed by atoms with Gasteiger partial charge in [0, 0.05) is 23.4 Å². The first-order valence-corrected chi connectivity index (χ1v) is 9.24. The van der Waals surface area contributed by atoms with E-state index in [1.807, 2.05) is 29.6 Å². The summed E-state index contributed by atoms with van der Waals surface area (Å²) in [5.41, 5.74) is 3.79. The first kappa shape index (κ1) is 13.0. The third-order valence-electron chi connectivity index (χ3n) is 4.33. The summed E-state index contributed by atoms with van der Waals surface area (Å²) in [6.45, 7) is 0. The second kappa shape index (κ2) is 4.49. The molecule has 0 radical (unpaired) electrons. The molecule has 0 amide bonds. The van der Waals surface area contributed by atoms with Crippen LogP contribution in [0.4, 0.5) is 5.69 Å². The lowest BCUT2D eigenvalue weighted by molar-refractivity contribution is 0.292. The minimum Gasteiger partial charge on any atom is -0.466 e. The Morgan fingerprint density at radius 1 is 1.05 bits per heavy atom. The summed E-state index contributed by atoms with van der Waals surface area (Å²) in [6.07, 6.45) is 5.51. The summed E-state index contributed by atoms with van der Waals surface area (Å²) < 4.78 is 6.14. The van der Waals surface area contributed by atoms with Crippen LogP contribution in [-0.4, -0.2) is 14.9 Å². The Labute approximate surface area is 138 Å². The van der Waals surface area contributed by atoms with Crippen LogP contribution < -0.4 is 10.1 Å². The number of nitrogens with one attached hydrogen (secondary N) is 1. The first-order valence-electron chi connectivity index (χ1n) is 7.44. The largest absolute Gasteiger partial charge is 0.466 e. The van der Waals surface area contributed by atoms with Gasteiger partial charge in [-0.25, -0.2) is 0 Å². The maximum Gasteiger partial charge on any atom is 0.208 e. The van der Waals surface area contributed by atoms with Crippen molar-refractivity contribution in [3.63, 3.8) is 0 Å². The van der Waals surface area contributed by atoms with Crippen molar-refractivity contribution in [3.05, 3.63) is 65.7 Å². The highest BCUT2D eigenvalue weighted by Gasteiger charge is 2.54. The minimum absolute atomic E-state index is 0.0684. The molecule has 2 unspecified atom stereocenters. The van der Waals surface area contributed by atoms with Gasteiger partial charge in [-0.15, -0.1) is 0 Å². The molecule has 3 heterocycles. The average molecular weight is 325 g/mol. The van der Waals surface area contributed by atoms with E-state index in [0.717, 1.165) is 17.9 Å². The molecule has 2 nitrogen and oxygen atoms in total. The highest BCUT2D eigenvalue weighted by Crippen LogP contribution is 2.60. The van der Waals surface area contributed by atoms with Crippen molar-refractivity contribution in [1.82, 2.24) is 0 Å². The normalized spacial score (nSPS) is 30.9. The molecule has 4 heteroatoms. The third kappa shape index (κ3) is 1.90. The van der Waals surface area contributed by atoms with E-state index in [1.165, 1.54) is 16.8 Å². The van der Waals surface area contributed by atoms with Crippen molar-refractivity contribution >= 4 is 35.3 Å². The zero-order valence-electron chi connectivity index (χ0n) is 11.9. The van der Waals surface area contributed by atoms with Gasteiger partial charge in [-0.05, 0) is 23.8 Å². The number of anilines is 1.